The molecule has 0 aliphatic carbocycles. The molecule has 21 heavy (non-hydrogen) atoms. The van der Waals surface area contributed by atoms with E-state index in [1.807, 2.05) is 0 Å². The Hall–Kier alpha value is -2.57. The van der Waals surface area contributed by atoms with Crippen LogP contribution in [0.3, 0.4) is 0 Å². The van der Waals surface area contributed by atoms with E-state index in [4.69, 9.17) is 4.74 Å². The number of carbonyl (C=O) groups is 3. The number of amides is 2. The molecule has 1 aromatic carbocycles. The number of hydrogen-bond donors (Lipinski definition) is 2. The molecule has 0 radical (unpaired) electrons. The molecule has 114 valence electrons. The van der Waals surface area contributed by atoms with Gasteiger partial charge in [-0.3, -0.25) is 14.4 Å². The SMILES string of the molecule is COC(=O)CNC(=O)CCNC(=O)c1ccccc1OC. The second kappa shape index (κ2) is 8.57. The average Bonchev–Trinajstić information content (AvgIpc) is 2.52. The van der Waals surface area contributed by atoms with Gasteiger partial charge in [-0.15, -0.1) is 0 Å². The van der Waals surface area contributed by atoms with Crippen LogP contribution >= 0.6 is 0 Å². The number of esters is 1. The fraction of sp³-hybridized carbons (Fsp3) is 0.357. The molecule has 0 atom stereocenters. The normalized spacial score (nSPS) is 9.62. The number of rotatable bonds is 7. The standard InChI is InChI=1S/C14H18N2O5/c1-20-11-6-4-3-5-10(11)14(19)15-8-7-12(17)16-9-13(18)21-2/h3-6H,7-9H2,1-2H3,(H,15,19)(H,16,17). The third-order valence-electron chi connectivity index (χ3n) is 2.65. The first-order valence-electron chi connectivity index (χ1n) is 6.33. The Kier molecular flexibility index (Phi) is 6.73. The Bertz CT molecular complexity index is 516. The minimum absolute atomic E-state index is 0.0673. The number of benzene rings is 1. The molecule has 1 aromatic rings. The molecular weight excluding hydrogens is 276 g/mol. The van der Waals surface area contributed by atoms with Crippen molar-refractivity contribution in [1.82, 2.24) is 10.6 Å². The van der Waals surface area contributed by atoms with Gasteiger partial charge in [0.1, 0.15) is 12.3 Å². The summed E-state index contributed by atoms with van der Waals surface area (Å²) in [4.78, 5) is 34.2. The summed E-state index contributed by atoms with van der Waals surface area (Å²) in [7, 11) is 2.72. The minimum atomic E-state index is -0.526. The number of ether oxygens (including phenoxy) is 2. The lowest BCUT2D eigenvalue weighted by Gasteiger charge is -2.09. The molecule has 0 unspecified atom stereocenters. The van der Waals surface area contributed by atoms with Crippen LogP contribution in [-0.2, 0) is 14.3 Å². The first-order chi connectivity index (χ1) is 10.1. The smallest absolute Gasteiger partial charge is 0.325 e. The van der Waals surface area contributed by atoms with Crippen molar-refractivity contribution < 1.29 is 23.9 Å². The Morgan fingerprint density at radius 3 is 2.48 bits per heavy atom. The fourth-order valence-electron chi connectivity index (χ4n) is 1.55. The van der Waals surface area contributed by atoms with Crippen LogP contribution in [0.25, 0.3) is 0 Å². The molecule has 0 fully saturated rings. The second-order valence-electron chi connectivity index (χ2n) is 4.06. The van der Waals surface area contributed by atoms with Crippen molar-refractivity contribution in [2.75, 3.05) is 27.3 Å². The lowest BCUT2D eigenvalue weighted by atomic mass is 10.2. The molecule has 0 spiro atoms. The van der Waals surface area contributed by atoms with E-state index in [0.717, 1.165) is 0 Å². The molecule has 0 saturated heterocycles. The van der Waals surface area contributed by atoms with Crippen LogP contribution in [0.5, 0.6) is 5.75 Å². The van der Waals surface area contributed by atoms with Gasteiger partial charge in [0.2, 0.25) is 5.91 Å². The molecule has 7 heteroatoms. The predicted molar refractivity (Wildman–Crippen MR) is 75.0 cm³/mol. The molecule has 0 heterocycles. The average molecular weight is 294 g/mol. The number of methoxy groups -OCH3 is 2. The van der Waals surface area contributed by atoms with Gasteiger partial charge in [0, 0.05) is 13.0 Å². The van der Waals surface area contributed by atoms with Gasteiger partial charge in [-0.1, -0.05) is 12.1 Å². The Morgan fingerprint density at radius 2 is 1.81 bits per heavy atom. The maximum atomic E-state index is 11.9. The minimum Gasteiger partial charge on any atom is -0.496 e. The van der Waals surface area contributed by atoms with Gasteiger partial charge in [-0.05, 0) is 12.1 Å². The molecule has 7 nitrogen and oxygen atoms in total. The molecule has 2 amide bonds. The van der Waals surface area contributed by atoms with Gasteiger partial charge >= 0.3 is 5.97 Å². The zero-order valence-electron chi connectivity index (χ0n) is 12.0. The predicted octanol–water partition coefficient (Wildman–Crippen LogP) is 0.104. The Balaban J connectivity index is 2.37. The van der Waals surface area contributed by atoms with Gasteiger partial charge in [0.25, 0.3) is 5.91 Å². The molecule has 0 aliphatic rings. The molecule has 0 aliphatic heterocycles. The molecular formula is C14H18N2O5. The number of carbonyl (C=O) groups excluding carboxylic acids is 3. The zero-order valence-corrected chi connectivity index (χ0v) is 12.0. The zero-order chi connectivity index (χ0) is 15.7. The Labute approximate surface area is 122 Å². The van der Waals surface area contributed by atoms with Gasteiger partial charge in [-0.25, -0.2) is 0 Å². The van der Waals surface area contributed by atoms with Crippen molar-refractivity contribution in [2.45, 2.75) is 6.42 Å². The summed E-state index contributed by atoms with van der Waals surface area (Å²) in [5.41, 5.74) is 0.398. The highest BCUT2D eigenvalue weighted by Gasteiger charge is 2.11. The van der Waals surface area contributed by atoms with Gasteiger partial charge in [-0.2, -0.15) is 0 Å². The largest absolute Gasteiger partial charge is 0.496 e. The third-order valence-corrected chi connectivity index (χ3v) is 2.65. The van der Waals surface area contributed by atoms with Gasteiger partial charge < -0.3 is 20.1 Å². The number of hydrogen-bond acceptors (Lipinski definition) is 5. The summed E-state index contributed by atoms with van der Waals surface area (Å²) < 4.78 is 9.47. The van der Waals surface area contributed by atoms with E-state index < -0.39 is 5.97 Å². The molecule has 0 aromatic heterocycles. The van der Waals surface area contributed by atoms with E-state index in [0.29, 0.717) is 11.3 Å². The summed E-state index contributed by atoms with van der Waals surface area (Å²) in [6.45, 7) is -0.0281. The summed E-state index contributed by atoms with van der Waals surface area (Å²) in [6, 6.07) is 6.79. The molecule has 0 saturated carbocycles. The highest BCUT2D eigenvalue weighted by molar-refractivity contribution is 5.97. The molecule has 0 bridgehead atoms. The topological polar surface area (TPSA) is 93.7 Å². The maximum Gasteiger partial charge on any atom is 0.325 e. The van der Waals surface area contributed by atoms with Crippen molar-refractivity contribution in [2.24, 2.45) is 0 Å². The van der Waals surface area contributed by atoms with Crippen molar-refractivity contribution >= 4 is 17.8 Å². The van der Waals surface area contributed by atoms with E-state index >= 15 is 0 Å². The first-order valence-corrected chi connectivity index (χ1v) is 6.33. The summed E-state index contributed by atoms with van der Waals surface area (Å²) in [6.07, 6.45) is 0.0673. The number of para-hydroxylation sites is 1. The van der Waals surface area contributed by atoms with Crippen molar-refractivity contribution in [3.05, 3.63) is 29.8 Å². The monoisotopic (exact) mass is 294 g/mol. The van der Waals surface area contributed by atoms with E-state index in [-0.39, 0.29) is 31.3 Å². The van der Waals surface area contributed by atoms with E-state index in [9.17, 15) is 14.4 Å². The van der Waals surface area contributed by atoms with E-state index in [2.05, 4.69) is 15.4 Å². The second-order valence-corrected chi connectivity index (χ2v) is 4.06. The lowest BCUT2D eigenvalue weighted by molar-refractivity contribution is -0.141. The quantitative estimate of drug-likeness (QED) is 0.696. The van der Waals surface area contributed by atoms with Crippen LogP contribution in [0.4, 0.5) is 0 Å². The lowest BCUT2D eigenvalue weighted by Crippen LogP contribution is -2.33. The van der Waals surface area contributed by atoms with Crippen LogP contribution in [0.15, 0.2) is 24.3 Å². The summed E-state index contributed by atoms with van der Waals surface area (Å²) in [5, 5.41) is 4.99. The highest BCUT2D eigenvalue weighted by atomic mass is 16.5. The molecule has 1 rings (SSSR count). The Morgan fingerprint density at radius 1 is 1.10 bits per heavy atom. The first kappa shape index (κ1) is 16.5. The van der Waals surface area contributed by atoms with Crippen LogP contribution < -0.4 is 15.4 Å². The van der Waals surface area contributed by atoms with Crippen LogP contribution in [0.1, 0.15) is 16.8 Å². The van der Waals surface area contributed by atoms with Gasteiger partial charge in [0.05, 0.1) is 19.8 Å². The van der Waals surface area contributed by atoms with Crippen LogP contribution in [0.2, 0.25) is 0 Å². The van der Waals surface area contributed by atoms with Gasteiger partial charge in [0.15, 0.2) is 0 Å². The van der Waals surface area contributed by atoms with Crippen LogP contribution in [-0.4, -0.2) is 45.1 Å². The van der Waals surface area contributed by atoms with Crippen LogP contribution in [0, 0.1) is 0 Å². The third kappa shape index (κ3) is 5.52. The fourth-order valence-corrected chi connectivity index (χ4v) is 1.55. The molecule has 2 N–H and O–H groups in total. The van der Waals surface area contributed by atoms with Crippen molar-refractivity contribution in [1.29, 1.82) is 0 Å². The summed E-state index contributed by atoms with van der Waals surface area (Å²) in [5.74, 6) is -0.736. The van der Waals surface area contributed by atoms with Crippen molar-refractivity contribution in [3.8, 4) is 5.75 Å². The summed E-state index contributed by atoms with van der Waals surface area (Å²) >= 11 is 0. The van der Waals surface area contributed by atoms with E-state index in [1.165, 1.54) is 14.2 Å². The van der Waals surface area contributed by atoms with Crippen molar-refractivity contribution in [3.63, 3.8) is 0 Å². The highest BCUT2D eigenvalue weighted by Crippen LogP contribution is 2.16. The maximum absolute atomic E-state index is 11.9. The van der Waals surface area contributed by atoms with E-state index in [1.54, 1.807) is 24.3 Å². The number of nitrogens with one attached hydrogen (secondary N) is 2.